The minimum Gasteiger partial charge on any atom is -0.311 e. The standard InChI is InChI=1S/C15H20F4N2/c1-2-12-9-21(10-15(18,19)14(16)17)13(8-20-12)11-6-4-3-5-7-11/h3-7,12-14,20H,2,8-10H2,1H3. The van der Waals surface area contributed by atoms with Gasteiger partial charge in [0, 0.05) is 25.2 Å². The van der Waals surface area contributed by atoms with Gasteiger partial charge in [0.15, 0.2) is 0 Å². The molecule has 21 heavy (non-hydrogen) atoms. The molecule has 1 heterocycles. The van der Waals surface area contributed by atoms with Crippen LogP contribution in [0.2, 0.25) is 0 Å². The zero-order chi connectivity index (χ0) is 15.5. The SMILES string of the molecule is CCC1CN(CC(F)(F)C(F)F)C(c2ccccc2)CN1. The van der Waals surface area contributed by atoms with E-state index in [1.54, 1.807) is 0 Å². The van der Waals surface area contributed by atoms with Crippen molar-refractivity contribution >= 4 is 0 Å². The first kappa shape index (κ1) is 16.2. The van der Waals surface area contributed by atoms with Gasteiger partial charge in [0.05, 0.1) is 6.54 Å². The van der Waals surface area contributed by atoms with Gasteiger partial charge in [0.25, 0.3) is 0 Å². The Morgan fingerprint density at radius 2 is 1.95 bits per heavy atom. The van der Waals surface area contributed by atoms with Crippen molar-refractivity contribution in [1.29, 1.82) is 0 Å². The van der Waals surface area contributed by atoms with E-state index in [4.69, 9.17) is 0 Å². The van der Waals surface area contributed by atoms with Crippen LogP contribution in [-0.4, -0.2) is 42.9 Å². The van der Waals surface area contributed by atoms with Gasteiger partial charge in [0.1, 0.15) is 0 Å². The second kappa shape index (κ2) is 6.75. The summed E-state index contributed by atoms with van der Waals surface area (Å²) in [6, 6.07) is 8.91. The molecule has 1 aliphatic heterocycles. The summed E-state index contributed by atoms with van der Waals surface area (Å²) in [5.74, 6) is -3.98. The fraction of sp³-hybridized carbons (Fsp3) is 0.600. The molecule has 6 heteroatoms. The average molecular weight is 304 g/mol. The highest BCUT2D eigenvalue weighted by Crippen LogP contribution is 2.30. The molecular formula is C15H20F4N2. The molecule has 118 valence electrons. The monoisotopic (exact) mass is 304 g/mol. The van der Waals surface area contributed by atoms with Gasteiger partial charge < -0.3 is 5.32 Å². The van der Waals surface area contributed by atoms with E-state index in [0.717, 1.165) is 12.0 Å². The molecule has 0 aliphatic carbocycles. The molecule has 0 spiro atoms. The summed E-state index contributed by atoms with van der Waals surface area (Å²) in [5.41, 5.74) is 0.865. The second-order valence-electron chi connectivity index (χ2n) is 5.43. The molecule has 1 aliphatic rings. The van der Waals surface area contributed by atoms with Crippen LogP contribution in [0.4, 0.5) is 17.6 Å². The number of nitrogens with one attached hydrogen (secondary N) is 1. The second-order valence-corrected chi connectivity index (χ2v) is 5.43. The lowest BCUT2D eigenvalue weighted by Gasteiger charge is -2.41. The van der Waals surface area contributed by atoms with E-state index in [9.17, 15) is 17.6 Å². The number of hydrogen-bond donors (Lipinski definition) is 1. The molecule has 2 rings (SSSR count). The Bertz CT molecular complexity index is 439. The van der Waals surface area contributed by atoms with Crippen molar-refractivity contribution in [2.24, 2.45) is 0 Å². The van der Waals surface area contributed by atoms with E-state index in [2.05, 4.69) is 5.32 Å². The van der Waals surface area contributed by atoms with Gasteiger partial charge in [-0.05, 0) is 12.0 Å². The Kier molecular flexibility index (Phi) is 5.22. The number of piperazine rings is 1. The number of alkyl halides is 4. The predicted molar refractivity (Wildman–Crippen MR) is 73.8 cm³/mol. The molecule has 1 aromatic carbocycles. The molecule has 1 fully saturated rings. The van der Waals surface area contributed by atoms with Crippen LogP contribution >= 0.6 is 0 Å². The highest BCUT2D eigenvalue weighted by atomic mass is 19.3. The van der Waals surface area contributed by atoms with E-state index in [1.165, 1.54) is 4.90 Å². The molecular weight excluding hydrogens is 284 g/mol. The molecule has 0 saturated carbocycles. The average Bonchev–Trinajstić information content (AvgIpc) is 2.47. The van der Waals surface area contributed by atoms with Crippen LogP contribution in [0.25, 0.3) is 0 Å². The molecule has 0 amide bonds. The Morgan fingerprint density at radius 3 is 2.52 bits per heavy atom. The third-order valence-electron chi connectivity index (χ3n) is 3.91. The summed E-state index contributed by atoms with van der Waals surface area (Å²) >= 11 is 0. The maximum Gasteiger partial charge on any atom is 0.319 e. The van der Waals surface area contributed by atoms with Crippen molar-refractivity contribution < 1.29 is 17.6 Å². The number of benzene rings is 1. The summed E-state index contributed by atoms with van der Waals surface area (Å²) in [6.45, 7) is 1.87. The topological polar surface area (TPSA) is 15.3 Å². The largest absolute Gasteiger partial charge is 0.319 e. The van der Waals surface area contributed by atoms with E-state index in [0.29, 0.717) is 13.1 Å². The van der Waals surface area contributed by atoms with Crippen molar-refractivity contribution in [3.63, 3.8) is 0 Å². The Hall–Kier alpha value is -1.14. The lowest BCUT2D eigenvalue weighted by atomic mass is 9.99. The van der Waals surface area contributed by atoms with Crippen molar-refractivity contribution in [1.82, 2.24) is 10.2 Å². The van der Waals surface area contributed by atoms with Crippen LogP contribution in [-0.2, 0) is 0 Å². The van der Waals surface area contributed by atoms with Gasteiger partial charge >= 0.3 is 12.3 Å². The van der Waals surface area contributed by atoms with Gasteiger partial charge in [-0.25, -0.2) is 8.78 Å². The van der Waals surface area contributed by atoms with Gasteiger partial charge in [-0.15, -0.1) is 0 Å². The molecule has 0 radical (unpaired) electrons. The van der Waals surface area contributed by atoms with Gasteiger partial charge in [-0.1, -0.05) is 37.3 Å². The summed E-state index contributed by atoms with van der Waals surface area (Å²) in [5, 5.41) is 3.29. The summed E-state index contributed by atoms with van der Waals surface area (Å²) in [4.78, 5) is 1.48. The molecule has 1 saturated heterocycles. The van der Waals surface area contributed by atoms with Crippen molar-refractivity contribution in [3.8, 4) is 0 Å². The smallest absolute Gasteiger partial charge is 0.311 e. The normalized spacial score (nSPS) is 24.5. The number of hydrogen-bond acceptors (Lipinski definition) is 2. The van der Waals surface area contributed by atoms with Crippen LogP contribution in [0.15, 0.2) is 30.3 Å². The molecule has 2 nitrogen and oxygen atoms in total. The van der Waals surface area contributed by atoms with Gasteiger partial charge in [-0.2, -0.15) is 8.78 Å². The first-order valence-electron chi connectivity index (χ1n) is 7.12. The maximum atomic E-state index is 13.4. The minimum absolute atomic E-state index is 0.0541. The molecule has 1 aromatic rings. The first-order valence-corrected chi connectivity index (χ1v) is 7.12. The Balaban J connectivity index is 2.18. The highest BCUT2D eigenvalue weighted by Gasteiger charge is 2.44. The van der Waals surface area contributed by atoms with Crippen molar-refractivity contribution in [2.45, 2.75) is 37.8 Å². The lowest BCUT2D eigenvalue weighted by molar-refractivity contribution is -0.149. The number of nitrogens with zero attached hydrogens (tertiary/aromatic N) is 1. The van der Waals surface area contributed by atoms with E-state index in [-0.39, 0.29) is 12.1 Å². The van der Waals surface area contributed by atoms with E-state index >= 15 is 0 Å². The molecule has 2 unspecified atom stereocenters. The van der Waals surface area contributed by atoms with Crippen LogP contribution in [0, 0.1) is 0 Å². The summed E-state index contributed by atoms with van der Waals surface area (Å²) in [7, 11) is 0. The fourth-order valence-electron chi connectivity index (χ4n) is 2.67. The van der Waals surface area contributed by atoms with Crippen LogP contribution in [0.5, 0.6) is 0 Å². The van der Waals surface area contributed by atoms with E-state index < -0.39 is 18.9 Å². The zero-order valence-corrected chi connectivity index (χ0v) is 11.9. The molecule has 1 N–H and O–H groups in total. The number of rotatable bonds is 5. The van der Waals surface area contributed by atoms with Crippen molar-refractivity contribution in [3.05, 3.63) is 35.9 Å². The third kappa shape index (κ3) is 3.95. The highest BCUT2D eigenvalue weighted by molar-refractivity contribution is 5.20. The van der Waals surface area contributed by atoms with E-state index in [1.807, 2.05) is 37.3 Å². The Morgan fingerprint density at radius 1 is 1.29 bits per heavy atom. The fourth-order valence-corrected chi connectivity index (χ4v) is 2.67. The summed E-state index contributed by atoms with van der Waals surface area (Å²) < 4.78 is 51.8. The van der Waals surface area contributed by atoms with Crippen molar-refractivity contribution in [2.75, 3.05) is 19.6 Å². The quantitative estimate of drug-likeness (QED) is 0.840. The first-order chi connectivity index (χ1) is 9.94. The van der Waals surface area contributed by atoms with Crippen LogP contribution in [0.1, 0.15) is 24.9 Å². The molecule has 0 aromatic heterocycles. The van der Waals surface area contributed by atoms with Crippen LogP contribution in [0.3, 0.4) is 0 Å². The maximum absolute atomic E-state index is 13.4. The zero-order valence-electron chi connectivity index (χ0n) is 11.9. The van der Waals surface area contributed by atoms with Crippen LogP contribution < -0.4 is 5.32 Å². The third-order valence-corrected chi connectivity index (χ3v) is 3.91. The lowest BCUT2D eigenvalue weighted by Crippen LogP contribution is -2.55. The molecule has 0 bridgehead atoms. The Labute approximate surface area is 122 Å². The minimum atomic E-state index is -3.98. The molecule has 2 atom stereocenters. The van der Waals surface area contributed by atoms with Gasteiger partial charge in [0.2, 0.25) is 0 Å². The number of halogens is 4. The summed E-state index contributed by atoms with van der Waals surface area (Å²) in [6.07, 6.45) is -2.86. The predicted octanol–water partition coefficient (Wildman–Crippen LogP) is 3.31. The van der Waals surface area contributed by atoms with Gasteiger partial charge in [-0.3, -0.25) is 4.90 Å².